The fraction of sp³-hybridized carbons (Fsp3) is 0.909. The zero-order valence-corrected chi connectivity index (χ0v) is 36.4. The fourth-order valence-corrected chi connectivity index (χ4v) is 7.26. The maximum absolute atomic E-state index is 12.6. The van der Waals surface area contributed by atoms with Gasteiger partial charge in [0.2, 0.25) is 0 Å². The van der Waals surface area contributed by atoms with Gasteiger partial charge in [-0.2, -0.15) is 0 Å². The van der Waals surface area contributed by atoms with Crippen LogP contribution in [0.15, 0.2) is 12.2 Å². The maximum Gasteiger partial charge on any atom is 0.472 e. The lowest BCUT2D eigenvalue weighted by molar-refractivity contribution is -0.154. The van der Waals surface area contributed by atoms with Crippen LogP contribution in [0.25, 0.3) is 0 Å². The normalized spacial score (nSPS) is 14.0. The molecule has 3 unspecified atom stereocenters. The number of unbranched alkanes of at least 4 members (excludes halogenated alkanes) is 28. The molecule has 326 valence electrons. The van der Waals surface area contributed by atoms with E-state index >= 15 is 0 Å². The summed E-state index contributed by atoms with van der Waals surface area (Å²) in [6, 6.07) is -1.47. The molecule has 11 heteroatoms. The Hall–Kier alpha value is -1.29. The zero-order valence-electron chi connectivity index (χ0n) is 35.5. The van der Waals surface area contributed by atoms with Gasteiger partial charge in [-0.3, -0.25) is 18.6 Å². The summed E-state index contributed by atoms with van der Waals surface area (Å²) in [5, 5.41) is 8.90. The topological polar surface area (TPSA) is 155 Å². The van der Waals surface area contributed by atoms with Gasteiger partial charge in [-0.1, -0.05) is 187 Å². The summed E-state index contributed by atoms with van der Waals surface area (Å²) in [6.45, 7) is 3.90. The predicted molar refractivity (Wildman–Crippen MR) is 226 cm³/mol. The molecule has 3 atom stereocenters. The fourth-order valence-electron chi connectivity index (χ4n) is 6.48. The SMILES string of the molecule is CCCCCCC/C=C\CCCCCCCCOCC(COP(=O)(O)OCC(N)C(=O)O)OC(=O)CCCCCCCCCCCCCCCCCCCC. The van der Waals surface area contributed by atoms with E-state index in [9.17, 15) is 19.0 Å². The minimum Gasteiger partial charge on any atom is -0.480 e. The van der Waals surface area contributed by atoms with Gasteiger partial charge in [-0.15, -0.1) is 0 Å². The number of nitrogens with two attached hydrogens (primary N) is 1. The summed E-state index contributed by atoms with van der Waals surface area (Å²) in [6.07, 6.45) is 42.6. The molecule has 0 aromatic heterocycles. The van der Waals surface area contributed by atoms with Crippen LogP contribution >= 0.6 is 7.82 Å². The van der Waals surface area contributed by atoms with Crippen molar-refractivity contribution in [2.45, 2.75) is 231 Å². The average Bonchev–Trinajstić information content (AvgIpc) is 3.16. The molecule has 0 aromatic carbocycles. The molecule has 0 heterocycles. The van der Waals surface area contributed by atoms with Gasteiger partial charge in [0, 0.05) is 13.0 Å². The number of ether oxygens (including phenoxy) is 2. The number of carbonyl (C=O) groups excluding carboxylic acids is 1. The second-order valence-corrected chi connectivity index (χ2v) is 17.0. The number of phosphoric acid groups is 1. The largest absolute Gasteiger partial charge is 0.480 e. The molecule has 0 aliphatic heterocycles. The minimum absolute atomic E-state index is 0.0183. The Labute approximate surface area is 337 Å². The van der Waals surface area contributed by atoms with Crippen LogP contribution in [-0.2, 0) is 32.7 Å². The predicted octanol–water partition coefficient (Wildman–Crippen LogP) is 12.5. The van der Waals surface area contributed by atoms with E-state index in [2.05, 4.69) is 26.0 Å². The first kappa shape index (κ1) is 53.7. The summed E-state index contributed by atoms with van der Waals surface area (Å²) in [4.78, 5) is 33.6. The van der Waals surface area contributed by atoms with Gasteiger partial charge < -0.3 is 25.2 Å². The van der Waals surface area contributed by atoms with Gasteiger partial charge in [-0.05, 0) is 38.5 Å². The van der Waals surface area contributed by atoms with Crippen molar-refractivity contribution in [1.82, 2.24) is 0 Å². The molecule has 0 aromatic rings. The van der Waals surface area contributed by atoms with E-state index in [1.54, 1.807) is 0 Å². The molecule has 0 aliphatic carbocycles. The highest BCUT2D eigenvalue weighted by Gasteiger charge is 2.27. The van der Waals surface area contributed by atoms with E-state index in [0.29, 0.717) is 6.61 Å². The van der Waals surface area contributed by atoms with Crippen LogP contribution in [0.4, 0.5) is 0 Å². The van der Waals surface area contributed by atoms with E-state index in [1.165, 1.54) is 154 Å². The lowest BCUT2D eigenvalue weighted by atomic mass is 10.0. The van der Waals surface area contributed by atoms with Gasteiger partial charge in [0.15, 0.2) is 0 Å². The molecule has 55 heavy (non-hydrogen) atoms. The van der Waals surface area contributed by atoms with Crippen molar-refractivity contribution in [1.29, 1.82) is 0 Å². The Balaban J connectivity index is 4.18. The van der Waals surface area contributed by atoms with E-state index in [1.807, 2.05) is 0 Å². The number of esters is 1. The maximum atomic E-state index is 12.6. The Morgan fingerprint density at radius 3 is 1.38 bits per heavy atom. The first-order valence-corrected chi connectivity index (χ1v) is 24.2. The van der Waals surface area contributed by atoms with Crippen LogP contribution in [0.2, 0.25) is 0 Å². The van der Waals surface area contributed by atoms with Crippen LogP contribution in [0.1, 0.15) is 219 Å². The van der Waals surface area contributed by atoms with Crippen LogP contribution in [0, 0.1) is 0 Å². The molecular weight excluding hydrogens is 717 g/mol. The number of carboxylic acids is 1. The summed E-state index contributed by atoms with van der Waals surface area (Å²) in [5.41, 5.74) is 5.36. The monoisotopic (exact) mass is 804 g/mol. The van der Waals surface area contributed by atoms with E-state index in [4.69, 9.17) is 29.4 Å². The van der Waals surface area contributed by atoms with E-state index in [-0.39, 0.29) is 13.0 Å². The number of hydrogen-bond acceptors (Lipinski definition) is 8. The quantitative estimate of drug-likeness (QED) is 0.0235. The lowest BCUT2D eigenvalue weighted by Gasteiger charge is -2.20. The highest BCUT2D eigenvalue weighted by molar-refractivity contribution is 7.47. The first-order valence-electron chi connectivity index (χ1n) is 22.7. The van der Waals surface area contributed by atoms with E-state index in [0.717, 1.165) is 44.9 Å². The van der Waals surface area contributed by atoms with Crippen molar-refractivity contribution in [2.24, 2.45) is 5.73 Å². The van der Waals surface area contributed by atoms with Gasteiger partial charge in [0.05, 0.1) is 19.8 Å². The van der Waals surface area contributed by atoms with Crippen LogP contribution in [0.3, 0.4) is 0 Å². The van der Waals surface area contributed by atoms with Crippen LogP contribution in [-0.4, -0.2) is 60.5 Å². The van der Waals surface area contributed by atoms with Crippen molar-refractivity contribution in [3.63, 3.8) is 0 Å². The van der Waals surface area contributed by atoms with Crippen molar-refractivity contribution >= 4 is 19.8 Å². The summed E-state index contributed by atoms with van der Waals surface area (Å²) < 4.78 is 33.4. The van der Waals surface area contributed by atoms with Crippen molar-refractivity contribution < 1.29 is 42.7 Å². The summed E-state index contributed by atoms with van der Waals surface area (Å²) in [5.74, 6) is -1.77. The standard InChI is InChI=1S/C44H86NO9P/c1-3-5-7-9-11-13-15-17-19-20-21-22-24-26-28-30-32-34-36-43(46)54-41(39-52-55(49,50)53-40-42(45)44(47)48)38-51-37-35-33-31-29-27-25-23-18-16-14-12-10-8-6-4-2/h16,18,41-42H,3-15,17,19-40,45H2,1-2H3,(H,47,48)(H,49,50)/b18-16-. The molecule has 10 nitrogen and oxygen atoms in total. The van der Waals surface area contributed by atoms with E-state index < -0.39 is 45.1 Å². The van der Waals surface area contributed by atoms with Crippen molar-refractivity contribution in [3.05, 3.63) is 12.2 Å². The second-order valence-electron chi connectivity index (χ2n) is 15.5. The minimum atomic E-state index is -4.61. The third kappa shape index (κ3) is 40.7. The number of aliphatic carboxylic acids is 1. The van der Waals surface area contributed by atoms with Gasteiger partial charge in [-0.25, -0.2) is 4.57 Å². The molecule has 0 bridgehead atoms. The van der Waals surface area contributed by atoms with Crippen molar-refractivity contribution in [2.75, 3.05) is 26.4 Å². The molecule has 0 saturated heterocycles. The molecule has 0 radical (unpaired) electrons. The molecule has 0 rings (SSSR count). The van der Waals surface area contributed by atoms with Crippen LogP contribution in [0.5, 0.6) is 0 Å². The highest BCUT2D eigenvalue weighted by atomic mass is 31.2. The van der Waals surface area contributed by atoms with Crippen molar-refractivity contribution in [3.8, 4) is 0 Å². The zero-order chi connectivity index (χ0) is 40.5. The lowest BCUT2D eigenvalue weighted by Crippen LogP contribution is -2.34. The number of hydrogen-bond donors (Lipinski definition) is 3. The number of rotatable bonds is 44. The third-order valence-corrected chi connectivity index (χ3v) is 11.0. The molecule has 4 N–H and O–H groups in total. The molecular formula is C44H86NO9P. The Morgan fingerprint density at radius 1 is 0.564 bits per heavy atom. The van der Waals surface area contributed by atoms with Gasteiger partial charge in [0.25, 0.3) is 0 Å². The highest BCUT2D eigenvalue weighted by Crippen LogP contribution is 2.43. The third-order valence-electron chi connectivity index (χ3n) is 10.0. The molecule has 0 aliphatic rings. The smallest absolute Gasteiger partial charge is 0.472 e. The first-order chi connectivity index (χ1) is 26.7. The van der Waals surface area contributed by atoms with Crippen LogP contribution < -0.4 is 5.73 Å². The van der Waals surface area contributed by atoms with Gasteiger partial charge >= 0.3 is 19.8 Å². The molecule has 0 saturated carbocycles. The molecule has 0 spiro atoms. The summed E-state index contributed by atoms with van der Waals surface area (Å²) in [7, 11) is -4.61. The second kappa shape index (κ2) is 40.9. The number of allylic oxidation sites excluding steroid dienone is 2. The average molecular weight is 804 g/mol. The Kier molecular flexibility index (Phi) is 39.9. The summed E-state index contributed by atoms with van der Waals surface area (Å²) >= 11 is 0. The number of carbonyl (C=O) groups is 2. The number of carboxylic acid groups (broad SMARTS) is 1. The molecule has 0 fully saturated rings. The Bertz CT molecular complexity index is 935. The Morgan fingerprint density at radius 2 is 0.945 bits per heavy atom. The number of phosphoric ester groups is 1. The molecule has 0 amide bonds. The van der Waals surface area contributed by atoms with Gasteiger partial charge in [0.1, 0.15) is 12.1 Å².